The van der Waals surface area contributed by atoms with Crippen LogP contribution < -0.4 is 5.30 Å². The van der Waals surface area contributed by atoms with E-state index in [4.69, 9.17) is 0 Å². The predicted molar refractivity (Wildman–Crippen MR) is 44.4 cm³/mol. The fourth-order valence-electron chi connectivity index (χ4n) is 0.719. The standard InChI is InChI=1S/C8H10OP/c1-10(2,9)8-6-4-3-5-7-8/h3-6H,1-2H3. The molecule has 1 nitrogen and oxygen atoms in total. The molecule has 0 saturated carbocycles. The number of hydrogen-bond acceptors (Lipinski definition) is 1. The molecule has 10 heavy (non-hydrogen) atoms. The summed E-state index contributed by atoms with van der Waals surface area (Å²) in [7, 11) is -2.07. The van der Waals surface area contributed by atoms with Crippen LogP contribution in [0.25, 0.3) is 0 Å². The van der Waals surface area contributed by atoms with Gasteiger partial charge < -0.3 is 4.57 Å². The highest BCUT2D eigenvalue weighted by Crippen LogP contribution is 2.33. The Morgan fingerprint density at radius 3 is 2.40 bits per heavy atom. The zero-order valence-electron chi connectivity index (χ0n) is 6.16. The Kier molecular flexibility index (Phi) is 1.96. The third-order valence-corrected chi connectivity index (χ3v) is 2.71. The van der Waals surface area contributed by atoms with Gasteiger partial charge in [0.05, 0.1) is 0 Å². The highest BCUT2D eigenvalue weighted by Gasteiger charge is 2.08. The summed E-state index contributed by atoms with van der Waals surface area (Å²) in [6.45, 7) is 3.50. The van der Waals surface area contributed by atoms with Crippen LogP contribution in [-0.4, -0.2) is 13.3 Å². The maximum atomic E-state index is 11.4. The van der Waals surface area contributed by atoms with E-state index in [1.165, 1.54) is 0 Å². The van der Waals surface area contributed by atoms with Crippen LogP contribution in [0, 0.1) is 6.07 Å². The Hall–Kier alpha value is -0.550. The summed E-state index contributed by atoms with van der Waals surface area (Å²) >= 11 is 0. The van der Waals surface area contributed by atoms with Gasteiger partial charge in [-0.15, -0.1) is 0 Å². The van der Waals surface area contributed by atoms with Gasteiger partial charge in [-0.25, -0.2) is 0 Å². The molecular formula is C8H10OP. The Labute approximate surface area is 61.5 Å². The number of hydrogen-bond donors (Lipinski definition) is 0. The smallest absolute Gasteiger partial charge is 0.110 e. The van der Waals surface area contributed by atoms with Crippen LogP contribution in [0.5, 0.6) is 0 Å². The van der Waals surface area contributed by atoms with Crippen LogP contribution in [0.3, 0.4) is 0 Å². The van der Waals surface area contributed by atoms with Crippen LogP contribution in [0.15, 0.2) is 24.3 Å². The van der Waals surface area contributed by atoms with Gasteiger partial charge in [0.2, 0.25) is 0 Å². The van der Waals surface area contributed by atoms with E-state index in [1.54, 1.807) is 19.4 Å². The van der Waals surface area contributed by atoms with Crippen molar-refractivity contribution in [2.75, 3.05) is 13.3 Å². The second-order valence-corrected chi connectivity index (χ2v) is 5.78. The van der Waals surface area contributed by atoms with Gasteiger partial charge in [0.25, 0.3) is 0 Å². The van der Waals surface area contributed by atoms with Crippen molar-refractivity contribution >= 4 is 12.4 Å². The molecule has 0 N–H and O–H groups in total. The average molecular weight is 153 g/mol. The highest BCUT2D eigenvalue weighted by molar-refractivity contribution is 7.70. The molecule has 0 atom stereocenters. The minimum absolute atomic E-state index is 0.829. The largest absolute Gasteiger partial charge is 0.319 e. The first-order valence-electron chi connectivity index (χ1n) is 3.13. The Bertz CT molecular complexity index is 247. The molecule has 0 bridgehead atoms. The molecule has 1 aromatic rings. The van der Waals surface area contributed by atoms with Crippen LogP contribution >= 0.6 is 7.14 Å². The van der Waals surface area contributed by atoms with Crippen molar-refractivity contribution < 1.29 is 4.57 Å². The van der Waals surface area contributed by atoms with E-state index in [0.717, 1.165) is 5.30 Å². The lowest BCUT2D eigenvalue weighted by atomic mass is 10.4. The maximum Gasteiger partial charge on any atom is 0.110 e. The third-order valence-electron chi connectivity index (χ3n) is 1.27. The van der Waals surface area contributed by atoms with Crippen molar-refractivity contribution in [2.45, 2.75) is 0 Å². The van der Waals surface area contributed by atoms with E-state index >= 15 is 0 Å². The van der Waals surface area contributed by atoms with E-state index < -0.39 is 7.14 Å². The highest BCUT2D eigenvalue weighted by atomic mass is 31.2. The molecule has 0 aliphatic carbocycles. The zero-order valence-corrected chi connectivity index (χ0v) is 7.06. The van der Waals surface area contributed by atoms with Crippen LogP contribution in [0.2, 0.25) is 0 Å². The quantitative estimate of drug-likeness (QED) is 0.561. The molecule has 0 fully saturated rings. The molecule has 0 aromatic heterocycles. The Balaban J connectivity index is 3.09. The minimum atomic E-state index is -2.07. The predicted octanol–water partition coefficient (Wildman–Crippen LogP) is 1.73. The van der Waals surface area contributed by atoms with Gasteiger partial charge in [0, 0.05) is 5.30 Å². The molecular weight excluding hydrogens is 143 g/mol. The molecule has 1 rings (SSSR count). The lowest BCUT2D eigenvalue weighted by molar-refractivity contribution is 0.588. The van der Waals surface area contributed by atoms with E-state index in [2.05, 4.69) is 6.07 Å². The molecule has 53 valence electrons. The first kappa shape index (κ1) is 7.56. The topological polar surface area (TPSA) is 17.1 Å². The van der Waals surface area contributed by atoms with E-state index in [9.17, 15) is 4.57 Å². The summed E-state index contributed by atoms with van der Waals surface area (Å²) in [5.41, 5.74) is 0. The zero-order chi connectivity index (χ0) is 7.61. The molecule has 0 aliphatic heterocycles. The van der Waals surface area contributed by atoms with Gasteiger partial charge in [-0.2, -0.15) is 0 Å². The van der Waals surface area contributed by atoms with Gasteiger partial charge in [-0.05, 0) is 19.4 Å². The molecule has 0 amide bonds. The van der Waals surface area contributed by atoms with Gasteiger partial charge in [-0.1, -0.05) is 24.3 Å². The second-order valence-electron chi connectivity index (χ2n) is 2.60. The van der Waals surface area contributed by atoms with Crippen LogP contribution in [0.1, 0.15) is 0 Å². The summed E-state index contributed by atoms with van der Waals surface area (Å²) in [4.78, 5) is 0. The first-order valence-corrected chi connectivity index (χ1v) is 5.73. The van der Waals surface area contributed by atoms with Crippen molar-refractivity contribution in [1.29, 1.82) is 0 Å². The molecule has 2 heteroatoms. The van der Waals surface area contributed by atoms with Gasteiger partial charge in [0.15, 0.2) is 0 Å². The summed E-state index contributed by atoms with van der Waals surface area (Å²) in [5, 5.41) is 0.829. The molecule has 1 radical (unpaired) electrons. The fraction of sp³-hybridized carbons (Fsp3) is 0.250. The normalized spacial score (nSPS) is 11.4. The van der Waals surface area contributed by atoms with E-state index in [1.807, 2.05) is 18.2 Å². The summed E-state index contributed by atoms with van der Waals surface area (Å²) < 4.78 is 11.4. The fourth-order valence-corrected chi connectivity index (χ4v) is 1.55. The summed E-state index contributed by atoms with van der Waals surface area (Å²) in [6.07, 6.45) is 0. The maximum absolute atomic E-state index is 11.4. The number of benzene rings is 1. The molecule has 0 unspecified atom stereocenters. The van der Waals surface area contributed by atoms with Gasteiger partial charge >= 0.3 is 0 Å². The lowest BCUT2D eigenvalue weighted by Gasteiger charge is -2.03. The molecule has 0 aliphatic rings. The van der Waals surface area contributed by atoms with Crippen molar-refractivity contribution in [3.05, 3.63) is 30.3 Å². The van der Waals surface area contributed by atoms with Crippen molar-refractivity contribution in [3.63, 3.8) is 0 Å². The van der Waals surface area contributed by atoms with Gasteiger partial charge in [-0.3, -0.25) is 0 Å². The van der Waals surface area contributed by atoms with E-state index in [-0.39, 0.29) is 0 Å². The Morgan fingerprint density at radius 2 is 2.10 bits per heavy atom. The van der Waals surface area contributed by atoms with E-state index in [0.29, 0.717) is 0 Å². The molecule has 0 heterocycles. The minimum Gasteiger partial charge on any atom is -0.319 e. The third kappa shape index (κ3) is 1.71. The SMILES string of the molecule is CP(C)(=O)c1[c]cccc1. The molecule has 1 aromatic carbocycles. The average Bonchev–Trinajstić information content (AvgIpc) is 1.88. The van der Waals surface area contributed by atoms with Crippen LogP contribution in [0.4, 0.5) is 0 Å². The number of rotatable bonds is 1. The summed E-state index contributed by atoms with van der Waals surface area (Å²) in [5.74, 6) is 0. The van der Waals surface area contributed by atoms with Crippen molar-refractivity contribution in [2.24, 2.45) is 0 Å². The van der Waals surface area contributed by atoms with Crippen molar-refractivity contribution in [1.82, 2.24) is 0 Å². The lowest BCUT2D eigenvalue weighted by Crippen LogP contribution is -2.00. The molecule has 0 spiro atoms. The summed E-state index contributed by atoms with van der Waals surface area (Å²) in [6, 6.07) is 10.3. The monoisotopic (exact) mass is 153 g/mol. The second kappa shape index (κ2) is 2.59. The van der Waals surface area contributed by atoms with Crippen molar-refractivity contribution in [3.8, 4) is 0 Å². The van der Waals surface area contributed by atoms with Crippen LogP contribution in [-0.2, 0) is 4.57 Å². The first-order chi connectivity index (χ1) is 4.61. The van der Waals surface area contributed by atoms with Gasteiger partial charge in [0.1, 0.15) is 7.14 Å². The molecule has 0 saturated heterocycles. The Morgan fingerprint density at radius 1 is 1.40 bits per heavy atom.